The summed E-state index contributed by atoms with van der Waals surface area (Å²) in [6.07, 6.45) is -0.672. The van der Waals surface area contributed by atoms with E-state index in [1.807, 2.05) is 12.1 Å². The maximum Gasteiger partial charge on any atom is 0.184 e. The van der Waals surface area contributed by atoms with Crippen LogP contribution in [0.1, 0.15) is 45.8 Å². The fourth-order valence-corrected chi connectivity index (χ4v) is 9.76. The molecule has 12 rings (SSSR count). The molecule has 2 unspecified atom stereocenters. The SMILES string of the molecule is c1ccc(C2NC(c3cccc4c3oc3ccccc34)=NC(n3c4ccccc4c4cc5c(cc43)-c3ccccc3C5(c3ccccc3)c3ccccc3)N2)cc1. The highest BCUT2D eigenvalue weighted by molar-refractivity contribution is 6.15. The first-order valence-electron chi connectivity index (χ1n) is 19.6. The number of hydrogen-bond donors (Lipinski definition) is 2. The molecule has 0 saturated heterocycles. The minimum atomic E-state index is -0.492. The number of benzene rings is 8. The minimum absolute atomic E-state index is 0.224. The number of nitrogens with one attached hydrogen (secondary N) is 2. The largest absolute Gasteiger partial charge is 0.455 e. The van der Waals surface area contributed by atoms with Crippen LogP contribution in [0.25, 0.3) is 54.9 Å². The lowest BCUT2D eigenvalue weighted by molar-refractivity contribution is 0.341. The minimum Gasteiger partial charge on any atom is -0.455 e. The average molecular weight is 733 g/mol. The number of nitrogens with zero attached hydrogens (tertiary/aromatic N) is 2. The summed E-state index contributed by atoms with van der Waals surface area (Å²) in [7, 11) is 0. The smallest absolute Gasteiger partial charge is 0.184 e. The summed E-state index contributed by atoms with van der Waals surface area (Å²) < 4.78 is 8.97. The summed E-state index contributed by atoms with van der Waals surface area (Å²) in [4.78, 5) is 5.55. The zero-order chi connectivity index (χ0) is 37.5. The van der Waals surface area contributed by atoms with Gasteiger partial charge >= 0.3 is 0 Å². The van der Waals surface area contributed by atoms with Crippen LogP contribution in [0.3, 0.4) is 0 Å². The second-order valence-electron chi connectivity index (χ2n) is 15.1. The topological polar surface area (TPSA) is 54.5 Å². The number of aliphatic imine (C=N–C) groups is 1. The lowest BCUT2D eigenvalue weighted by atomic mass is 9.67. The van der Waals surface area contributed by atoms with Crippen molar-refractivity contribution in [2.45, 2.75) is 17.9 Å². The van der Waals surface area contributed by atoms with Gasteiger partial charge < -0.3 is 14.3 Å². The molecular formula is C52H36N4O. The van der Waals surface area contributed by atoms with Crippen molar-refractivity contribution >= 4 is 49.6 Å². The summed E-state index contributed by atoms with van der Waals surface area (Å²) in [6, 6.07) is 69.8. The van der Waals surface area contributed by atoms with Gasteiger partial charge in [-0.05, 0) is 69.3 Å². The Morgan fingerprint density at radius 1 is 0.491 bits per heavy atom. The molecule has 3 heterocycles. The van der Waals surface area contributed by atoms with Crippen LogP contribution in [-0.2, 0) is 5.41 Å². The third-order valence-electron chi connectivity index (χ3n) is 12.2. The van der Waals surface area contributed by atoms with E-state index < -0.39 is 11.7 Å². The predicted octanol–water partition coefficient (Wildman–Crippen LogP) is 11.9. The lowest BCUT2D eigenvalue weighted by Crippen LogP contribution is -2.46. The number of fused-ring (bicyclic) bond motifs is 9. The molecule has 0 bridgehead atoms. The van der Waals surface area contributed by atoms with Crippen LogP contribution < -0.4 is 10.6 Å². The van der Waals surface area contributed by atoms with E-state index in [0.717, 1.165) is 49.9 Å². The summed E-state index contributed by atoms with van der Waals surface area (Å²) in [6.45, 7) is 0. The van der Waals surface area contributed by atoms with Gasteiger partial charge in [0.2, 0.25) is 0 Å². The Balaban J connectivity index is 1.13. The van der Waals surface area contributed by atoms with Crippen molar-refractivity contribution in [2.24, 2.45) is 4.99 Å². The van der Waals surface area contributed by atoms with Crippen LogP contribution in [0, 0.1) is 0 Å². The molecule has 1 aliphatic heterocycles. The quantitative estimate of drug-likeness (QED) is 0.185. The second-order valence-corrected chi connectivity index (χ2v) is 15.1. The van der Waals surface area contributed by atoms with Gasteiger partial charge in [0.1, 0.15) is 23.2 Å². The van der Waals surface area contributed by atoms with Gasteiger partial charge in [0.15, 0.2) is 6.29 Å². The Morgan fingerprint density at radius 3 is 1.91 bits per heavy atom. The van der Waals surface area contributed by atoms with Crippen LogP contribution in [0.4, 0.5) is 0 Å². The fraction of sp³-hybridized carbons (Fsp3) is 0.0577. The van der Waals surface area contributed by atoms with Crippen molar-refractivity contribution < 1.29 is 4.42 Å². The van der Waals surface area contributed by atoms with Gasteiger partial charge in [-0.25, -0.2) is 4.99 Å². The molecule has 270 valence electrons. The third-order valence-corrected chi connectivity index (χ3v) is 12.2. The van der Waals surface area contributed by atoms with Gasteiger partial charge in [-0.3, -0.25) is 5.32 Å². The fourth-order valence-electron chi connectivity index (χ4n) is 9.76. The van der Waals surface area contributed by atoms with E-state index in [1.165, 1.54) is 44.2 Å². The van der Waals surface area contributed by atoms with E-state index in [4.69, 9.17) is 9.41 Å². The summed E-state index contributed by atoms with van der Waals surface area (Å²) >= 11 is 0. The van der Waals surface area contributed by atoms with Crippen molar-refractivity contribution in [1.29, 1.82) is 0 Å². The third kappa shape index (κ3) is 4.64. The number of amidine groups is 1. The van der Waals surface area contributed by atoms with Crippen LogP contribution in [0.5, 0.6) is 0 Å². The van der Waals surface area contributed by atoms with E-state index >= 15 is 0 Å². The Morgan fingerprint density at radius 2 is 1.12 bits per heavy atom. The van der Waals surface area contributed by atoms with Crippen LogP contribution in [0.2, 0.25) is 0 Å². The van der Waals surface area contributed by atoms with E-state index in [1.54, 1.807) is 0 Å². The molecule has 8 aromatic carbocycles. The van der Waals surface area contributed by atoms with E-state index in [2.05, 4.69) is 197 Å². The first-order valence-corrected chi connectivity index (χ1v) is 19.6. The highest BCUT2D eigenvalue weighted by atomic mass is 16.3. The van der Waals surface area contributed by atoms with Crippen molar-refractivity contribution in [3.05, 3.63) is 228 Å². The lowest BCUT2D eigenvalue weighted by Gasteiger charge is -2.34. The van der Waals surface area contributed by atoms with Crippen molar-refractivity contribution in [3.63, 3.8) is 0 Å². The molecule has 0 amide bonds. The van der Waals surface area contributed by atoms with Gasteiger partial charge in [-0.2, -0.15) is 0 Å². The molecule has 2 N–H and O–H groups in total. The molecule has 2 atom stereocenters. The van der Waals surface area contributed by atoms with Crippen molar-refractivity contribution in [1.82, 2.24) is 15.2 Å². The summed E-state index contributed by atoms with van der Waals surface area (Å²) in [5, 5.41) is 12.3. The predicted molar refractivity (Wildman–Crippen MR) is 231 cm³/mol. The van der Waals surface area contributed by atoms with E-state index in [9.17, 15) is 0 Å². The maximum absolute atomic E-state index is 6.57. The molecule has 2 aliphatic rings. The summed E-state index contributed by atoms with van der Waals surface area (Å²) in [5.74, 6) is 0.780. The Labute approximate surface area is 329 Å². The zero-order valence-corrected chi connectivity index (χ0v) is 30.9. The number of rotatable bonds is 5. The van der Waals surface area contributed by atoms with Crippen LogP contribution >= 0.6 is 0 Å². The molecule has 5 heteroatoms. The Hall–Kier alpha value is -7.21. The van der Waals surface area contributed by atoms with Crippen molar-refractivity contribution in [2.75, 3.05) is 0 Å². The van der Waals surface area contributed by atoms with Crippen LogP contribution in [-0.4, -0.2) is 10.4 Å². The normalized spacial score (nSPS) is 17.1. The van der Waals surface area contributed by atoms with E-state index in [0.29, 0.717) is 0 Å². The average Bonchev–Trinajstić information content (AvgIpc) is 3.92. The molecule has 0 fully saturated rings. The van der Waals surface area contributed by atoms with Crippen LogP contribution in [0.15, 0.2) is 204 Å². The monoisotopic (exact) mass is 732 g/mol. The Bertz CT molecular complexity index is 3160. The molecule has 2 aromatic heterocycles. The molecule has 57 heavy (non-hydrogen) atoms. The molecular weight excluding hydrogens is 697 g/mol. The molecule has 0 saturated carbocycles. The first-order chi connectivity index (χ1) is 28.3. The zero-order valence-electron chi connectivity index (χ0n) is 30.9. The number of hydrogen-bond acceptors (Lipinski definition) is 4. The second kappa shape index (κ2) is 12.4. The molecule has 1 aliphatic carbocycles. The number of para-hydroxylation sites is 3. The summed E-state index contributed by atoms with van der Waals surface area (Å²) in [5.41, 5.74) is 13.1. The molecule has 10 aromatic rings. The maximum atomic E-state index is 6.57. The highest BCUT2D eigenvalue weighted by Gasteiger charge is 2.46. The molecule has 0 radical (unpaired) electrons. The van der Waals surface area contributed by atoms with Gasteiger partial charge in [0.05, 0.1) is 22.0 Å². The first kappa shape index (κ1) is 32.1. The molecule has 5 nitrogen and oxygen atoms in total. The van der Waals surface area contributed by atoms with Gasteiger partial charge in [-0.1, -0.05) is 164 Å². The number of furan rings is 1. The highest BCUT2D eigenvalue weighted by Crippen LogP contribution is 2.57. The van der Waals surface area contributed by atoms with Gasteiger partial charge in [-0.15, -0.1) is 0 Å². The molecule has 0 spiro atoms. The van der Waals surface area contributed by atoms with Crippen molar-refractivity contribution in [3.8, 4) is 11.1 Å². The van der Waals surface area contributed by atoms with Gasteiger partial charge in [0, 0.05) is 21.5 Å². The van der Waals surface area contributed by atoms with Gasteiger partial charge in [0.25, 0.3) is 0 Å². The standard InChI is InChI=1S/C52H36N4O/c1-4-17-33(18-5-1)49-53-50(40-27-16-26-39-38-25-12-15-30-47(38)57-48(39)40)55-51(54-49)56-45-29-14-11-24-37(45)42-31-44-41(32-46(42)56)36-23-10-13-28-43(36)52(44,34-19-6-2-7-20-34)35-21-8-3-9-22-35/h1-32,49,51,54H,(H,53,55). The Kier molecular flexibility index (Phi) is 6.98. The number of aromatic nitrogens is 1. The van der Waals surface area contributed by atoms with E-state index in [-0.39, 0.29) is 6.17 Å².